The van der Waals surface area contributed by atoms with E-state index >= 15 is 0 Å². The number of amides is 2. The van der Waals surface area contributed by atoms with Gasteiger partial charge < -0.3 is 9.73 Å². The molecule has 12 heteroatoms. The molecule has 37 heavy (non-hydrogen) atoms. The van der Waals surface area contributed by atoms with Gasteiger partial charge in [0, 0.05) is 16.8 Å². The number of nitrogens with zero attached hydrogens (tertiary/aromatic N) is 5. The summed E-state index contributed by atoms with van der Waals surface area (Å²) in [6.45, 7) is 4.95. The average Bonchev–Trinajstić information content (AvgIpc) is 3.51. The smallest absolute Gasteiger partial charge is 0.251 e. The Morgan fingerprint density at radius 2 is 1.86 bits per heavy atom. The van der Waals surface area contributed by atoms with E-state index in [9.17, 15) is 18.4 Å². The fraction of sp³-hybridized carbons (Fsp3) is 0.240. The molecular weight excluding hydrogens is 506 g/mol. The molecule has 2 heterocycles. The van der Waals surface area contributed by atoms with Crippen LogP contribution in [0.2, 0.25) is 5.02 Å². The standard InChI is InChI=1S/C25H23ClF2N6O3/c1-25(2,3)29-24(36)22(20-5-4-12-37-20)34(17-10-11-19(28)18(26)13-17)21(35)14-33-31-23(30-32-33)15-6-8-16(27)9-7-15/h4-13,22H,14H2,1-3H3,(H,29,36)/t22-/m1/s1. The van der Waals surface area contributed by atoms with Gasteiger partial charge in [-0.3, -0.25) is 14.5 Å². The molecule has 2 amide bonds. The molecule has 0 radical (unpaired) electrons. The number of halogens is 3. The van der Waals surface area contributed by atoms with Crippen molar-refractivity contribution < 1.29 is 22.8 Å². The van der Waals surface area contributed by atoms with Crippen molar-refractivity contribution in [1.29, 1.82) is 0 Å². The number of carbonyl (C=O) groups excluding carboxylic acids is 2. The maximum Gasteiger partial charge on any atom is 0.251 e. The molecule has 0 unspecified atom stereocenters. The highest BCUT2D eigenvalue weighted by Crippen LogP contribution is 2.32. The van der Waals surface area contributed by atoms with Crippen molar-refractivity contribution in [2.24, 2.45) is 0 Å². The Hall–Kier alpha value is -4.12. The minimum atomic E-state index is -1.26. The molecule has 4 rings (SSSR count). The minimum Gasteiger partial charge on any atom is -0.467 e. The maximum atomic E-state index is 14.0. The van der Waals surface area contributed by atoms with Gasteiger partial charge in [-0.25, -0.2) is 8.78 Å². The summed E-state index contributed by atoms with van der Waals surface area (Å²) in [7, 11) is 0. The van der Waals surface area contributed by atoms with Crippen LogP contribution in [0.5, 0.6) is 0 Å². The number of hydrogen-bond acceptors (Lipinski definition) is 6. The van der Waals surface area contributed by atoms with Gasteiger partial charge in [-0.15, -0.1) is 10.2 Å². The maximum absolute atomic E-state index is 14.0. The van der Waals surface area contributed by atoms with E-state index in [2.05, 4.69) is 20.7 Å². The van der Waals surface area contributed by atoms with Crippen LogP contribution in [0.15, 0.2) is 65.3 Å². The second kappa shape index (κ2) is 10.5. The van der Waals surface area contributed by atoms with Crippen LogP contribution in [0.25, 0.3) is 11.4 Å². The fourth-order valence-corrected chi connectivity index (χ4v) is 3.73. The normalized spacial score (nSPS) is 12.3. The van der Waals surface area contributed by atoms with Gasteiger partial charge in [-0.2, -0.15) is 4.80 Å². The SMILES string of the molecule is CC(C)(C)NC(=O)[C@@H](c1ccco1)N(C(=O)Cn1nnc(-c2ccc(F)cc2)n1)c1ccc(F)c(Cl)c1. The van der Waals surface area contributed by atoms with Crippen LogP contribution in [0.3, 0.4) is 0 Å². The Labute approximate surface area is 216 Å². The van der Waals surface area contributed by atoms with E-state index in [0.29, 0.717) is 5.56 Å². The van der Waals surface area contributed by atoms with E-state index in [1.807, 2.05) is 0 Å². The Bertz CT molecular complexity index is 1400. The summed E-state index contributed by atoms with van der Waals surface area (Å²) in [5.41, 5.74) is 0.0234. The van der Waals surface area contributed by atoms with Gasteiger partial charge in [0.1, 0.15) is 23.9 Å². The molecule has 0 saturated carbocycles. The highest BCUT2D eigenvalue weighted by Gasteiger charge is 2.37. The lowest BCUT2D eigenvalue weighted by atomic mass is 10.1. The number of nitrogens with one attached hydrogen (secondary N) is 1. The highest BCUT2D eigenvalue weighted by molar-refractivity contribution is 6.31. The monoisotopic (exact) mass is 528 g/mol. The largest absolute Gasteiger partial charge is 0.467 e. The average molecular weight is 529 g/mol. The zero-order chi connectivity index (χ0) is 26.7. The molecule has 0 spiro atoms. The molecule has 4 aromatic rings. The van der Waals surface area contributed by atoms with Crippen molar-refractivity contribution >= 4 is 29.1 Å². The van der Waals surface area contributed by atoms with Crippen LogP contribution in [0, 0.1) is 11.6 Å². The van der Waals surface area contributed by atoms with Gasteiger partial charge in [0.25, 0.3) is 11.8 Å². The van der Waals surface area contributed by atoms with Crippen molar-refractivity contribution in [2.75, 3.05) is 4.90 Å². The van der Waals surface area contributed by atoms with E-state index in [1.54, 1.807) is 32.9 Å². The number of carbonyl (C=O) groups is 2. The van der Waals surface area contributed by atoms with Crippen molar-refractivity contribution in [3.63, 3.8) is 0 Å². The van der Waals surface area contributed by atoms with Crippen molar-refractivity contribution in [3.8, 4) is 11.4 Å². The first kappa shape index (κ1) is 26.0. The minimum absolute atomic E-state index is 0.153. The van der Waals surface area contributed by atoms with Crippen LogP contribution in [0.4, 0.5) is 14.5 Å². The van der Waals surface area contributed by atoms with E-state index in [-0.39, 0.29) is 22.3 Å². The fourth-order valence-electron chi connectivity index (χ4n) is 3.55. The molecule has 2 aromatic carbocycles. The van der Waals surface area contributed by atoms with E-state index < -0.39 is 41.6 Å². The van der Waals surface area contributed by atoms with Crippen LogP contribution in [-0.2, 0) is 16.1 Å². The number of benzene rings is 2. The summed E-state index contributed by atoms with van der Waals surface area (Å²) in [4.78, 5) is 29.3. The molecule has 0 aliphatic rings. The Balaban J connectivity index is 1.72. The van der Waals surface area contributed by atoms with Gasteiger partial charge in [0.2, 0.25) is 5.82 Å². The molecule has 2 aromatic heterocycles. The van der Waals surface area contributed by atoms with E-state index in [0.717, 1.165) is 15.8 Å². The van der Waals surface area contributed by atoms with Gasteiger partial charge in [-0.1, -0.05) is 11.6 Å². The second-order valence-electron chi connectivity index (χ2n) is 9.17. The lowest BCUT2D eigenvalue weighted by Crippen LogP contribution is -2.50. The van der Waals surface area contributed by atoms with Crippen LogP contribution < -0.4 is 10.2 Å². The molecule has 0 aliphatic carbocycles. The Morgan fingerprint density at radius 1 is 1.14 bits per heavy atom. The molecule has 1 N–H and O–H groups in total. The quantitative estimate of drug-likeness (QED) is 0.377. The highest BCUT2D eigenvalue weighted by atomic mass is 35.5. The summed E-state index contributed by atoms with van der Waals surface area (Å²) in [5, 5.41) is 14.7. The van der Waals surface area contributed by atoms with Gasteiger partial charge >= 0.3 is 0 Å². The molecular formula is C25H23ClF2N6O3. The van der Waals surface area contributed by atoms with Crippen LogP contribution in [-0.4, -0.2) is 37.6 Å². The first-order valence-corrected chi connectivity index (χ1v) is 11.6. The van der Waals surface area contributed by atoms with Crippen LogP contribution in [0.1, 0.15) is 32.6 Å². The second-order valence-corrected chi connectivity index (χ2v) is 9.58. The van der Waals surface area contributed by atoms with Crippen LogP contribution >= 0.6 is 11.6 Å². The number of tetrazole rings is 1. The zero-order valence-electron chi connectivity index (χ0n) is 20.2. The van der Waals surface area contributed by atoms with Gasteiger partial charge in [0.15, 0.2) is 6.04 Å². The first-order valence-electron chi connectivity index (χ1n) is 11.2. The topological polar surface area (TPSA) is 106 Å². The van der Waals surface area contributed by atoms with E-state index in [1.165, 1.54) is 42.7 Å². The number of rotatable bonds is 7. The summed E-state index contributed by atoms with van der Waals surface area (Å²) in [6, 6.07) is 11.0. The molecule has 0 aliphatic heterocycles. The molecule has 0 bridgehead atoms. The number of hydrogen-bond donors (Lipinski definition) is 1. The third kappa shape index (κ3) is 6.18. The number of anilines is 1. The molecule has 192 valence electrons. The summed E-state index contributed by atoms with van der Waals surface area (Å²) >= 11 is 6.02. The number of furan rings is 1. The summed E-state index contributed by atoms with van der Waals surface area (Å²) in [5.74, 6) is -1.91. The van der Waals surface area contributed by atoms with Gasteiger partial charge in [-0.05, 0) is 80.6 Å². The predicted molar refractivity (Wildman–Crippen MR) is 131 cm³/mol. The molecule has 9 nitrogen and oxygen atoms in total. The predicted octanol–water partition coefficient (Wildman–Crippen LogP) is 4.55. The third-order valence-electron chi connectivity index (χ3n) is 5.10. The molecule has 1 atom stereocenters. The van der Waals surface area contributed by atoms with Crippen molar-refractivity contribution in [1.82, 2.24) is 25.5 Å². The van der Waals surface area contributed by atoms with Gasteiger partial charge in [0.05, 0.1) is 11.3 Å². The summed E-state index contributed by atoms with van der Waals surface area (Å²) in [6.07, 6.45) is 1.38. The zero-order valence-corrected chi connectivity index (χ0v) is 20.9. The Kier molecular flexibility index (Phi) is 7.35. The van der Waals surface area contributed by atoms with Crippen molar-refractivity contribution in [3.05, 3.63) is 83.3 Å². The lowest BCUT2D eigenvalue weighted by Gasteiger charge is -2.32. The molecule has 0 fully saturated rings. The lowest BCUT2D eigenvalue weighted by molar-refractivity contribution is -0.128. The first-order chi connectivity index (χ1) is 17.5. The number of aromatic nitrogens is 4. The Morgan fingerprint density at radius 3 is 2.49 bits per heavy atom. The molecule has 0 saturated heterocycles. The third-order valence-corrected chi connectivity index (χ3v) is 5.39. The van der Waals surface area contributed by atoms with E-state index in [4.69, 9.17) is 16.0 Å². The summed E-state index contributed by atoms with van der Waals surface area (Å²) < 4.78 is 32.7. The van der Waals surface area contributed by atoms with Crippen molar-refractivity contribution in [2.45, 2.75) is 38.9 Å².